The highest BCUT2D eigenvalue weighted by Gasteiger charge is 2.15. The molecule has 0 aliphatic carbocycles. The molecule has 1 heterocycles. The van der Waals surface area contributed by atoms with Crippen LogP contribution < -0.4 is 15.1 Å². The number of amides is 1. The predicted octanol–water partition coefficient (Wildman–Crippen LogP) is 5.83. The second-order valence-electron chi connectivity index (χ2n) is 8.81. The molecule has 0 atom stereocenters. The monoisotopic (exact) mass is 453 g/mol. The van der Waals surface area contributed by atoms with Gasteiger partial charge in [0, 0.05) is 62.8 Å². The minimum absolute atomic E-state index is 0.00540. The molecule has 0 aliphatic heterocycles. The lowest BCUT2D eigenvalue weighted by molar-refractivity contribution is -0.116. The lowest BCUT2D eigenvalue weighted by Crippen LogP contribution is -2.10. The first-order valence-corrected chi connectivity index (χ1v) is 11.5. The van der Waals surface area contributed by atoms with Gasteiger partial charge in [0.15, 0.2) is 0 Å². The third-order valence-corrected chi connectivity index (χ3v) is 5.70. The van der Waals surface area contributed by atoms with Crippen LogP contribution in [0.4, 0.5) is 17.1 Å². The van der Waals surface area contributed by atoms with Crippen LogP contribution in [0, 0.1) is 0 Å². The van der Waals surface area contributed by atoms with E-state index < -0.39 is 0 Å². The predicted molar refractivity (Wildman–Crippen MR) is 143 cm³/mol. The highest BCUT2D eigenvalue weighted by molar-refractivity contribution is 5.94. The summed E-state index contributed by atoms with van der Waals surface area (Å²) >= 11 is 0. The standard InChI is InChI=1S/C28H31N5O/c1-6-9-26(34)29-21-14-15-24-25(18-21)31-28(20-11-8-13-23(17-20)33(4)5)27(30-24)19-10-7-12-22(16-19)32(2)3/h7-8,10-18H,6,9H2,1-5H3,(H,29,34). The minimum atomic E-state index is 0.00540. The van der Waals surface area contributed by atoms with Crippen molar-refractivity contribution < 1.29 is 4.79 Å². The number of hydrogen-bond acceptors (Lipinski definition) is 5. The summed E-state index contributed by atoms with van der Waals surface area (Å²) in [6.07, 6.45) is 1.30. The Kier molecular flexibility index (Phi) is 6.77. The van der Waals surface area contributed by atoms with Gasteiger partial charge in [-0.05, 0) is 48.9 Å². The first-order chi connectivity index (χ1) is 16.4. The minimum Gasteiger partial charge on any atom is -0.378 e. The van der Waals surface area contributed by atoms with E-state index in [1.54, 1.807) is 0 Å². The van der Waals surface area contributed by atoms with Gasteiger partial charge in [0.05, 0.1) is 22.4 Å². The molecule has 0 aliphatic rings. The van der Waals surface area contributed by atoms with E-state index in [0.717, 1.165) is 57.0 Å². The van der Waals surface area contributed by atoms with Crippen molar-refractivity contribution >= 4 is 34.0 Å². The second-order valence-corrected chi connectivity index (χ2v) is 8.81. The Morgan fingerprint density at radius 1 is 0.765 bits per heavy atom. The van der Waals surface area contributed by atoms with Crippen LogP contribution in [0.25, 0.3) is 33.5 Å². The van der Waals surface area contributed by atoms with Crippen molar-refractivity contribution in [2.75, 3.05) is 43.3 Å². The van der Waals surface area contributed by atoms with Gasteiger partial charge in [-0.15, -0.1) is 0 Å². The molecule has 6 heteroatoms. The maximum absolute atomic E-state index is 12.1. The molecule has 0 saturated heterocycles. The number of benzene rings is 3. The Hall–Kier alpha value is -3.93. The number of carbonyl (C=O) groups is 1. The number of aromatic nitrogens is 2. The fourth-order valence-electron chi connectivity index (χ4n) is 3.85. The van der Waals surface area contributed by atoms with Gasteiger partial charge in [0.2, 0.25) is 5.91 Å². The first kappa shape index (κ1) is 23.2. The van der Waals surface area contributed by atoms with Crippen LogP contribution in [0.3, 0.4) is 0 Å². The third kappa shape index (κ3) is 5.01. The third-order valence-electron chi connectivity index (χ3n) is 5.70. The molecule has 34 heavy (non-hydrogen) atoms. The van der Waals surface area contributed by atoms with Crippen molar-refractivity contribution in [3.05, 3.63) is 66.7 Å². The van der Waals surface area contributed by atoms with E-state index in [9.17, 15) is 4.79 Å². The van der Waals surface area contributed by atoms with E-state index in [2.05, 4.69) is 51.5 Å². The van der Waals surface area contributed by atoms with Crippen molar-refractivity contribution in [1.29, 1.82) is 0 Å². The van der Waals surface area contributed by atoms with E-state index in [-0.39, 0.29) is 5.91 Å². The van der Waals surface area contributed by atoms with Crippen molar-refractivity contribution in [3.8, 4) is 22.5 Å². The average Bonchev–Trinajstić information content (AvgIpc) is 2.83. The van der Waals surface area contributed by atoms with E-state index in [1.165, 1.54) is 0 Å². The van der Waals surface area contributed by atoms with Crippen LogP contribution in [0.2, 0.25) is 0 Å². The maximum Gasteiger partial charge on any atom is 0.224 e. The Morgan fingerprint density at radius 3 is 1.85 bits per heavy atom. The van der Waals surface area contributed by atoms with Gasteiger partial charge in [0.1, 0.15) is 0 Å². The molecule has 174 valence electrons. The Morgan fingerprint density at radius 2 is 1.32 bits per heavy atom. The van der Waals surface area contributed by atoms with Gasteiger partial charge in [0.25, 0.3) is 0 Å². The summed E-state index contributed by atoms with van der Waals surface area (Å²) in [6, 6.07) is 22.3. The van der Waals surface area contributed by atoms with Crippen LogP contribution in [0.15, 0.2) is 66.7 Å². The van der Waals surface area contributed by atoms with Gasteiger partial charge < -0.3 is 15.1 Å². The topological polar surface area (TPSA) is 61.4 Å². The van der Waals surface area contributed by atoms with Crippen LogP contribution in [0.5, 0.6) is 0 Å². The number of hydrogen-bond donors (Lipinski definition) is 1. The van der Waals surface area contributed by atoms with Gasteiger partial charge >= 0.3 is 0 Å². The number of nitrogens with zero attached hydrogens (tertiary/aromatic N) is 4. The molecule has 1 N–H and O–H groups in total. The highest BCUT2D eigenvalue weighted by atomic mass is 16.1. The average molecular weight is 454 g/mol. The number of fused-ring (bicyclic) bond motifs is 1. The zero-order valence-electron chi connectivity index (χ0n) is 20.5. The van der Waals surface area contributed by atoms with Crippen LogP contribution >= 0.6 is 0 Å². The molecule has 0 spiro atoms. The zero-order chi connectivity index (χ0) is 24.2. The van der Waals surface area contributed by atoms with Gasteiger partial charge in [-0.1, -0.05) is 31.2 Å². The Labute approximate surface area is 201 Å². The summed E-state index contributed by atoms with van der Waals surface area (Å²) in [5.41, 5.74) is 8.08. The molecule has 4 aromatic rings. The van der Waals surface area contributed by atoms with E-state index in [1.807, 2.05) is 65.4 Å². The Bertz CT molecular complexity index is 1330. The summed E-state index contributed by atoms with van der Waals surface area (Å²) in [4.78, 5) is 26.4. The fourth-order valence-corrected chi connectivity index (χ4v) is 3.85. The summed E-state index contributed by atoms with van der Waals surface area (Å²) in [5, 5.41) is 2.97. The highest BCUT2D eigenvalue weighted by Crippen LogP contribution is 2.34. The van der Waals surface area contributed by atoms with Crippen LogP contribution in [-0.4, -0.2) is 44.1 Å². The normalized spacial score (nSPS) is 10.9. The maximum atomic E-state index is 12.1. The Balaban J connectivity index is 1.90. The quantitative estimate of drug-likeness (QED) is 0.381. The van der Waals surface area contributed by atoms with Gasteiger partial charge in [-0.25, -0.2) is 9.97 Å². The van der Waals surface area contributed by atoms with Crippen molar-refractivity contribution in [2.45, 2.75) is 19.8 Å². The van der Waals surface area contributed by atoms with Crippen molar-refractivity contribution in [2.24, 2.45) is 0 Å². The van der Waals surface area contributed by atoms with Crippen LogP contribution in [0.1, 0.15) is 19.8 Å². The second kappa shape index (κ2) is 9.91. The molecule has 0 fully saturated rings. The fraction of sp³-hybridized carbons (Fsp3) is 0.250. The lowest BCUT2D eigenvalue weighted by Gasteiger charge is -2.17. The van der Waals surface area contributed by atoms with Crippen LogP contribution in [-0.2, 0) is 4.79 Å². The lowest BCUT2D eigenvalue weighted by atomic mass is 10.0. The number of nitrogens with one attached hydrogen (secondary N) is 1. The van der Waals surface area contributed by atoms with Gasteiger partial charge in [-0.2, -0.15) is 0 Å². The molecule has 0 unspecified atom stereocenters. The number of anilines is 3. The molecule has 0 radical (unpaired) electrons. The smallest absolute Gasteiger partial charge is 0.224 e. The van der Waals surface area contributed by atoms with E-state index in [4.69, 9.17) is 9.97 Å². The SMILES string of the molecule is CCCC(=O)Nc1ccc2nc(-c3cccc(N(C)C)c3)c(-c3cccc(N(C)C)c3)nc2c1. The van der Waals surface area contributed by atoms with E-state index >= 15 is 0 Å². The molecule has 6 nitrogen and oxygen atoms in total. The molecule has 1 amide bonds. The molecule has 4 rings (SSSR count). The summed E-state index contributed by atoms with van der Waals surface area (Å²) in [5.74, 6) is 0.00540. The zero-order valence-corrected chi connectivity index (χ0v) is 20.5. The molecule has 0 bridgehead atoms. The van der Waals surface area contributed by atoms with Crippen molar-refractivity contribution in [1.82, 2.24) is 9.97 Å². The number of carbonyl (C=O) groups excluding carboxylic acids is 1. The molecule has 0 saturated carbocycles. The molecular formula is C28H31N5O. The summed E-state index contributed by atoms with van der Waals surface area (Å²) in [6.45, 7) is 1.99. The largest absolute Gasteiger partial charge is 0.378 e. The number of rotatable bonds is 7. The van der Waals surface area contributed by atoms with E-state index in [0.29, 0.717) is 6.42 Å². The molecule has 1 aromatic heterocycles. The first-order valence-electron chi connectivity index (χ1n) is 11.5. The summed E-state index contributed by atoms with van der Waals surface area (Å²) in [7, 11) is 8.11. The summed E-state index contributed by atoms with van der Waals surface area (Å²) < 4.78 is 0. The van der Waals surface area contributed by atoms with Gasteiger partial charge in [-0.3, -0.25) is 4.79 Å². The molecule has 3 aromatic carbocycles. The van der Waals surface area contributed by atoms with Crippen molar-refractivity contribution in [3.63, 3.8) is 0 Å². The molecular weight excluding hydrogens is 422 g/mol.